The minimum Gasteiger partial charge on any atom is -0.464 e. The molecule has 2 aromatic rings. The summed E-state index contributed by atoms with van der Waals surface area (Å²) in [6.45, 7) is 12.1. The summed E-state index contributed by atoms with van der Waals surface area (Å²) in [7, 11) is 0. The van der Waals surface area contributed by atoms with E-state index in [0.29, 0.717) is 24.3 Å². The van der Waals surface area contributed by atoms with E-state index in [9.17, 15) is 19.8 Å². The van der Waals surface area contributed by atoms with Crippen LogP contribution in [0.2, 0.25) is 0 Å². The Kier molecular flexibility index (Phi) is 5.62. The lowest BCUT2D eigenvalue weighted by molar-refractivity contribution is 0.0283. The van der Waals surface area contributed by atoms with Crippen LogP contribution in [0, 0.1) is 5.92 Å². The van der Waals surface area contributed by atoms with Crippen molar-refractivity contribution in [3.8, 4) is 0 Å². The van der Waals surface area contributed by atoms with E-state index in [2.05, 4.69) is 0 Å². The number of rotatable bonds is 2. The fourth-order valence-electron chi connectivity index (χ4n) is 4.44. The number of amides is 1. The number of aliphatic hydroxyl groups excluding tert-OH is 1. The van der Waals surface area contributed by atoms with Gasteiger partial charge in [0.05, 0.1) is 5.52 Å². The van der Waals surface area contributed by atoms with Crippen molar-refractivity contribution >= 4 is 23.1 Å². The standard InChI is InChI=1S/C23H32N2O5/c1-22(2,3)19-18(15-9-7-8-10-17(15)25(19)20(27)28)16-12-24(11-14(16)13-26)21(29)30-23(4,5)6/h7-10,14,16,26H,11-13H2,1-6H3,(H,27,28)/t14-,16+/m0/s1. The monoisotopic (exact) mass is 416 g/mol. The maximum Gasteiger partial charge on any atom is 0.416 e. The highest BCUT2D eigenvalue weighted by molar-refractivity contribution is 5.94. The molecule has 2 atom stereocenters. The van der Waals surface area contributed by atoms with Gasteiger partial charge in [-0.15, -0.1) is 0 Å². The zero-order valence-corrected chi connectivity index (χ0v) is 18.6. The first-order valence-electron chi connectivity index (χ1n) is 10.3. The lowest BCUT2D eigenvalue weighted by Gasteiger charge is -2.26. The summed E-state index contributed by atoms with van der Waals surface area (Å²) in [5.74, 6) is -0.395. The zero-order chi connectivity index (χ0) is 22.4. The number of fused-ring (bicyclic) bond motifs is 1. The van der Waals surface area contributed by atoms with Gasteiger partial charge in [-0.05, 0) is 32.4 Å². The third-order valence-electron chi connectivity index (χ3n) is 5.51. The predicted molar refractivity (Wildman–Crippen MR) is 115 cm³/mol. The average molecular weight is 417 g/mol. The topological polar surface area (TPSA) is 92.0 Å². The SMILES string of the molecule is CC(C)(C)OC(=O)N1C[C@@H](CO)[C@H](c2c(C(C)(C)C)n(C(=O)O)c3ccccc23)C1. The first-order chi connectivity index (χ1) is 13.8. The van der Waals surface area contributed by atoms with Crippen molar-refractivity contribution in [3.63, 3.8) is 0 Å². The highest BCUT2D eigenvalue weighted by Gasteiger charge is 2.42. The molecule has 0 aliphatic carbocycles. The molecule has 1 aliphatic rings. The Morgan fingerprint density at radius 3 is 2.27 bits per heavy atom. The normalized spacial score (nSPS) is 20.0. The number of carbonyl (C=O) groups is 2. The molecule has 0 saturated carbocycles. The molecule has 0 unspecified atom stereocenters. The molecule has 3 rings (SSSR count). The molecule has 0 radical (unpaired) electrons. The van der Waals surface area contributed by atoms with Crippen LogP contribution in [0.3, 0.4) is 0 Å². The van der Waals surface area contributed by atoms with Crippen LogP contribution in [-0.4, -0.2) is 57.2 Å². The summed E-state index contributed by atoms with van der Waals surface area (Å²) in [6, 6.07) is 7.43. The minimum absolute atomic E-state index is 0.0971. The molecule has 1 fully saturated rings. The number of hydrogen-bond donors (Lipinski definition) is 2. The molecule has 1 aromatic heterocycles. The second-order valence-electron chi connectivity index (χ2n) is 10.1. The van der Waals surface area contributed by atoms with Crippen molar-refractivity contribution in [2.24, 2.45) is 5.92 Å². The Hall–Kier alpha value is -2.54. The molecule has 1 saturated heterocycles. The van der Waals surface area contributed by atoms with Crippen LogP contribution in [-0.2, 0) is 10.2 Å². The Morgan fingerprint density at radius 2 is 1.73 bits per heavy atom. The number of carbonyl (C=O) groups excluding carboxylic acids is 1. The molecular formula is C23H32N2O5. The lowest BCUT2D eigenvalue weighted by Crippen LogP contribution is -2.35. The van der Waals surface area contributed by atoms with E-state index in [1.807, 2.05) is 59.7 Å². The molecule has 0 bridgehead atoms. The summed E-state index contributed by atoms with van der Waals surface area (Å²) in [5, 5.41) is 21.0. The first kappa shape index (κ1) is 22.2. The van der Waals surface area contributed by atoms with E-state index >= 15 is 0 Å². The van der Waals surface area contributed by atoms with Gasteiger partial charge < -0.3 is 19.8 Å². The van der Waals surface area contributed by atoms with Gasteiger partial charge in [0.15, 0.2) is 0 Å². The summed E-state index contributed by atoms with van der Waals surface area (Å²) in [5.41, 5.74) is 1.15. The van der Waals surface area contributed by atoms with Gasteiger partial charge in [0, 0.05) is 48.0 Å². The van der Waals surface area contributed by atoms with Crippen LogP contribution in [0.1, 0.15) is 58.7 Å². The van der Waals surface area contributed by atoms with Crippen LogP contribution in [0.15, 0.2) is 24.3 Å². The minimum atomic E-state index is -1.04. The number of likely N-dealkylation sites (tertiary alicyclic amines) is 1. The average Bonchev–Trinajstić information content (AvgIpc) is 3.18. The first-order valence-corrected chi connectivity index (χ1v) is 10.3. The molecule has 1 amide bonds. The fourth-order valence-corrected chi connectivity index (χ4v) is 4.44. The van der Waals surface area contributed by atoms with Crippen molar-refractivity contribution in [3.05, 3.63) is 35.5 Å². The smallest absolute Gasteiger partial charge is 0.416 e. The van der Waals surface area contributed by atoms with E-state index in [4.69, 9.17) is 4.74 Å². The van der Waals surface area contributed by atoms with Crippen LogP contribution in [0.4, 0.5) is 9.59 Å². The van der Waals surface area contributed by atoms with Gasteiger partial charge in [0.2, 0.25) is 0 Å². The summed E-state index contributed by atoms with van der Waals surface area (Å²) in [6.07, 6.45) is -1.45. The number of para-hydroxylation sites is 1. The van der Waals surface area contributed by atoms with E-state index < -0.39 is 23.2 Å². The molecule has 2 N–H and O–H groups in total. The van der Waals surface area contributed by atoms with Crippen molar-refractivity contribution in [2.75, 3.05) is 19.7 Å². The Labute approximate surface area is 177 Å². The second kappa shape index (κ2) is 7.61. The number of benzene rings is 1. The van der Waals surface area contributed by atoms with Crippen molar-refractivity contribution in [1.82, 2.24) is 9.47 Å². The lowest BCUT2D eigenvalue weighted by atomic mass is 9.80. The van der Waals surface area contributed by atoms with Gasteiger partial charge in [0.25, 0.3) is 0 Å². The van der Waals surface area contributed by atoms with Gasteiger partial charge in [-0.2, -0.15) is 0 Å². The van der Waals surface area contributed by atoms with E-state index in [1.54, 1.807) is 11.0 Å². The van der Waals surface area contributed by atoms with Crippen molar-refractivity contribution in [1.29, 1.82) is 0 Å². The largest absolute Gasteiger partial charge is 0.464 e. The third-order valence-corrected chi connectivity index (χ3v) is 5.51. The highest BCUT2D eigenvalue weighted by Crippen LogP contribution is 2.44. The molecule has 30 heavy (non-hydrogen) atoms. The maximum absolute atomic E-state index is 12.7. The maximum atomic E-state index is 12.7. The van der Waals surface area contributed by atoms with Crippen LogP contribution in [0.5, 0.6) is 0 Å². The molecule has 164 valence electrons. The number of hydrogen-bond acceptors (Lipinski definition) is 4. The second-order valence-corrected chi connectivity index (χ2v) is 10.1. The number of carboxylic acid groups (broad SMARTS) is 1. The number of nitrogens with zero attached hydrogens (tertiary/aromatic N) is 2. The van der Waals surface area contributed by atoms with E-state index in [1.165, 1.54) is 4.57 Å². The van der Waals surface area contributed by atoms with Crippen LogP contribution in [0.25, 0.3) is 10.9 Å². The molecule has 1 aliphatic heterocycles. The van der Waals surface area contributed by atoms with Gasteiger partial charge in [-0.25, -0.2) is 14.2 Å². The molecule has 7 heteroatoms. The Bertz CT molecular complexity index is 964. The van der Waals surface area contributed by atoms with Gasteiger partial charge in [-0.3, -0.25) is 0 Å². The predicted octanol–water partition coefficient (Wildman–Crippen LogP) is 4.41. The Balaban J connectivity index is 2.16. The van der Waals surface area contributed by atoms with Gasteiger partial charge in [0.1, 0.15) is 5.60 Å². The Morgan fingerprint density at radius 1 is 1.10 bits per heavy atom. The van der Waals surface area contributed by atoms with Gasteiger partial charge >= 0.3 is 12.2 Å². The van der Waals surface area contributed by atoms with Crippen LogP contribution >= 0.6 is 0 Å². The number of ether oxygens (including phenoxy) is 1. The zero-order valence-electron chi connectivity index (χ0n) is 18.6. The van der Waals surface area contributed by atoms with E-state index in [0.717, 1.165) is 10.9 Å². The number of aromatic nitrogens is 1. The molecule has 7 nitrogen and oxygen atoms in total. The fraction of sp³-hybridized carbons (Fsp3) is 0.565. The summed E-state index contributed by atoms with van der Waals surface area (Å²) >= 11 is 0. The third kappa shape index (κ3) is 4.03. The molecule has 0 spiro atoms. The van der Waals surface area contributed by atoms with Crippen LogP contribution < -0.4 is 0 Å². The molecular weight excluding hydrogens is 384 g/mol. The highest BCUT2D eigenvalue weighted by atomic mass is 16.6. The van der Waals surface area contributed by atoms with Crippen molar-refractivity contribution < 1.29 is 24.5 Å². The van der Waals surface area contributed by atoms with Crippen molar-refractivity contribution in [2.45, 2.75) is 58.5 Å². The number of aliphatic hydroxyl groups is 1. The van der Waals surface area contributed by atoms with E-state index in [-0.39, 0.29) is 18.4 Å². The van der Waals surface area contributed by atoms with Gasteiger partial charge in [-0.1, -0.05) is 39.0 Å². The summed E-state index contributed by atoms with van der Waals surface area (Å²) in [4.78, 5) is 26.5. The summed E-state index contributed by atoms with van der Waals surface area (Å²) < 4.78 is 6.89. The molecule has 2 heterocycles. The molecule has 1 aromatic carbocycles. The quantitative estimate of drug-likeness (QED) is 0.757.